The molecule has 0 N–H and O–H groups in total. The van der Waals surface area contributed by atoms with Gasteiger partial charge in [-0.2, -0.15) is 0 Å². The predicted molar refractivity (Wildman–Crippen MR) is 220 cm³/mol. The topological polar surface area (TPSA) is 34.1 Å². The molecule has 0 amide bonds. The molecular weight excluding hydrogens is 689 g/mol. The molecule has 0 saturated heterocycles. The van der Waals surface area contributed by atoms with E-state index in [-0.39, 0.29) is 10.2 Å². The number of thioether (sulfide) groups is 2. The smallest absolute Gasteiger partial charge is 0.191 e. The first-order valence-corrected chi connectivity index (χ1v) is 21.4. The van der Waals surface area contributed by atoms with Gasteiger partial charge in [0.05, 0.1) is 18.2 Å². The minimum Gasteiger partial charge on any atom is -0.287 e. The van der Waals surface area contributed by atoms with Gasteiger partial charge in [0.15, 0.2) is 10.2 Å². The number of carbonyl (C=O) groups is 2. The van der Waals surface area contributed by atoms with E-state index in [0.29, 0.717) is 0 Å². The average Bonchev–Trinajstić information content (AvgIpc) is 3.60. The summed E-state index contributed by atoms with van der Waals surface area (Å²) in [5.74, 6) is 13.8. The fourth-order valence-corrected chi connectivity index (χ4v) is 10.5. The van der Waals surface area contributed by atoms with Crippen LogP contribution in [0.25, 0.3) is 11.1 Å². The van der Waals surface area contributed by atoms with Crippen molar-refractivity contribution < 1.29 is 9.59 Å². The number of benzene rings is 2. The standard InChI is InChI=1S/C44H50O2S4/c1-7-11-15-37-39(17-13-9-3)43(47-31(5)45)49-41(37)29-23-33-19-25-35(26-20-33)36-27-21-34(22-28-36)24-30-42-38(16-12-8-2)40(18-14-10-4)44(50-42)48-32(6)46/h19-22,25-28H,7-18H2,1-6H3. The van der Waals surface area contributed by atoms with Crippen LogP contribution < -0.4 is 0 Å². The number of rotatable bonds is 15. The Hall–Kier alpha value is -3.00. The Labute approximate surface area is 317 Å². The maximum absolute atomic E-state index is 12.0. The van der Waals surface area contributed by atoms with Gasteiger partial charge in [-0.05, 0) is 133 Å². The number of carbonyl (C=O) groups excluding carboxylic acids is 2. The molecule has 0 aliphatic heterocycles. The Morgan fingerprint density at radius 3 is 1.12 bits per heavy atom. The second-order valence-corrected chi connectivity index (χ2v) is 17.5. The van der Waals surface area contributed by atoms with E-state index in [2.05, 4.69) is 99.9 Å². The molecule has 0 bridgehead atoms. The van der Waals surface area contributed by atoms with E-state index < -0.39 is 0 Å². The van der Waals surface area contributed by atoms with Gasteiger partial charge < -0.3 is 0 Å². The molecular formula is C44H50O2S4. The zero-order chi connectivity index (χ0) is 35.9. The lowest BCUT2D eigenvalue weighted by Gasteiger charge is -2.06. The molecule has 2 nitrogen and oxygen atoms in total. The van der Waals surface area contributed by atoms with Gasteiger partial charge in [0.25, 0.3) is 0 Å². The normalized spacial score (nSPS) is 10.8. The summed E-state index contributed by atoms with van der Waals surface area (Å²) in [5, 5.41) is 0.270. The van der Waals surface area contributed by atoms with Gasteiger partial charge in [0.1, 0.15) is 0 Å². The zero-order valence-electron chi connectivity index (χ0n) is 30.6. The molecule has 2 aromatic heterocycles. The van der Waals surface area contributed by atoms with Crippen LogP contribution in [0.5, 0.6) is 0 Å². The highest BCUT2D eigenvalue weighted by atomic mass is 32.2. The van der Waals surface area contributed by atoms with E-state index in [1.165, 1.54) is 45.8 Å². The third kappa shape index (κ3) is 11.5. The predicted octanol–water partition coefficient (Wildman–Crippen LogP) is 12.9. The third-order valence-corrected chi connectivity index (χ3v) is 12.9. The first kappa shape index (κ1) is 39.8. The molecule has 4 rings (SSSR count). The Morgan fingerprint density at radius 2 is 0.820 bits per heavy atom. The monoisotopic (exact) mass is 738 g/mol. The van der Waals surface area contributed by atoms with Gasteiger partial charge in [-0.25, -0.2) is 0 Å². The maximum Gasteiger partial charge on any atom is 0.191 e. The van der Waals surface area contributed by atoms with Crippen molar-refractivity contribution in [2.45, 2.75) is 127 Å². The molecule has 0 unspecified atom stereocenters. The van der Waals surface area contributed by atoms with Gasteiger partial charge in [0.2, 0.25) is 0 Å². The van der Waals surface area contributed by atoms with Crippen LogP contribution in [-0.4, -0.2) is 10.2 Å². The minimum atomic E-state index is 0.135. The van der Waals surface area contributed by atoms with Crippen LogP contribution in [0.15, 0.2) is 56.9 Å². The fraction of sp³-hybridized carbons (Fsp3) is 0.409. The van der Waals surface area contributed by atoms with Crippen molar-refractivity contribution in [3.8, 4) is 34.8 Å². The Balaban J connectivity index is 1.54. The summed E-state index contributed by atoms with van der Waals surface area (Å²) in [6, 6.07) is 16.9. The number of thiophene rings is 2. The summed E-state index contributed by atoms with van der Waals surface area (Å²) in [6.45, 7) is 12.2. The molecule has 0 fully saturated rings. The van der Waals surface area contributed by atoms with E-state index >= 15 is 0 Å². The highest BCUT2D eigenvalue weighted by Crippen LogP contribution is 2.39. The SMILES string of the molecule is CCCCc1c(C#Cc2ccc(-c3ccc(C#Cc4sc(SC(C)=O)c(CCCC)c4CCCC)cc3)cc2)sc(SC(C)=O)c1CCCC. The van der Waals surface area contributed by atoms with Gasteiger partial charge in [-0.3, -0.25) is 9.59 Å². The van der Waals surface area contributed by atoms with Crippen LogP contribution in [0.1, 0.15) is 136 Å². The van der Waals surface area contributed by atoms with Gasteiger partial charge in [0, 0.05) is 25.0 Å². The first-order chi connectivity index (χ1) is 24.3. The molecule has 2 heterocycles. The van der Waals surface area contributed by atoms with E-state index in [4.69, 9.17) is 0 Å². The van der Waals surface area contributed by atoms with Gasteiger partial charge in [-0.1, -0.05) is 101 Å². The number of unbranched alkanes of at least 4 members (excludes halogenated alkanes) is 4. The molecule has 0 saturated carbocycles. The molecule has 0 aliphatic rings. The van der Waals surface area contributed by atoms with Gasteiger partial charge >= 0.3 is 0 Å². The highest BCUT2D eigenvalue weighted by Gasteiger charge is 2.19. The quantitative estimate of drug-likeness (QED) is 0.0898. The zero-order valence-corrected chi connectivity index (χ0v) is 33.8. The Kier molecular flexibility index (Phi) is 16.5. The highest BCUT2D eigenvalue weighted by molar-refractivity contribution is 8.15. The van der Waals surface area contributed by atoms with Crippen molar-refractivity contribution in [1.82, 2.24) is 0 Å². The van der Waals surface area contributed by atoms with Crippen molar-refractivity contribution in [1.29, 1.82) is 0 Å². The lowest BCUT2D eigenvalue weighted by Crippen LogP contribution is -1.95. The molecule has 262 valence electrons. The lowest BCUT2D eigenvalue weighted by molar-refractivity contribution is -0.109. The second-order valence-electron chi connectivity index (χ2n) is 12.6. The fourth-order valence-electron chi connectivity index (χ4n) is 5.78. The second kappa shape index (κ2) is 20.8. The van der Waals surface area contributed by atoms with Crippen LogP contribution >= 0.6 is 46.2 Å². The van der Waals surface area contributed by atoms with E-state index in [1.54, 1.807) is 36.5 Å². The van der Waals surface area contributed by atoms with E-state index in [0.717, 1.165) is 117 Å². The summed E-state index contributed by atoms with van der Waals surface area (Å²) in [7, 11) is 0. The number of hydrogen-bond donors (Lipinski definition) is 0. The summed E-state index contributed by atoms with van der Waals surface area (Å²) >= 11 is 6.12. The van der Waals surface area contributed by atoms with Crippen LogP contribution in [0.2, 0.25) is 0 Å². The lowest BCUT2D eigenvalue weighted by atomic mass is 10.00. The third-order valence-electron chi connectivity index (χ3n) is 8.50. The summed E-state index contributed by atoms with van der Waals surface area (Å²) in [4.78, 5) is 26.3. The molecule has 6 heteroatoms. The molecule has 0 aliphatic carbocycles. The number of hydrogen-bond acceptors (Lipinski definition) is 6. The van der Waals surface area contributed by atoms with Crippen LogP contribution in [0, 0.1) is 23.7 Å². The van der Waals surface area contributed by atoms with Crippen LogP contribution in [0.3, 0.4) is 0 Å². The van der Waals surface area contributed by atoms with E-state index in [1.807, 2.05) is 0 Å². The maximum atomic E-state index is 12.0. The Morgan fingerprint density at radius 1 is 0.500 bits per heavy atom. The summed E-state index contributed by atoms with van der Waals surface area (Å²) < 4.78 is 2.26. The molecule has 0 radical (unpaired) electrons. The minimum absolute atomic E-state index is 0.135. The molecule has 50 heavy (non-hydrogen) atoms. The first-order valence-electron chi connectivity index (χ1n) is 18.2. The molecule has 2 aromatic carbocycles. The molecule has 0 atom stereocenters. The van der Waals surface area contributed by atoms with Crippen molar-refractivity contribution in [2.75, 3.05) is 0 Å². The average molecular weight is 739 g/mol. The van der Waals surface area contributed by atoms with E-state index in [9.17, 15) is 9.59 Å². The van der Waals surface area contributed by atoms with Crippen molar-refractivity contribution in [2.24, 2.45) is 0 Å². The van der Waals surface area contributed by atoms with Crippen molar-refractivity contribution in [3.05, 3.63) is 91.7 Å². The molecule has 4 aromatic rings. The van der Waals surface area contributed by atoms with Crippen LogP contribution in [0.4, 0.5) is 0 Å². The van der Waals surface area contributed by atoms with Crippen molar-refractivity contribution in [3.63, 3.8) is 0 Å². The summed E-state index contributed by atoms with van der Waals surface area (Å²) in [5.41, 5.74) is 9.65. The largest absolute Gasteiger partial charge is 0.287 e. The van der Waals surface area contributed by atoms with Crippen LogP contribution in [-0.2, 0) is 35.3 Å². The molecule has 0 spiro atoms. The summed E-state index contributed by atoms with van der Waals surface area (Å²) in [6.07, 6.45) is 13.1. The van der Waals surface area contributed by atoms with Gasteiger partial charge in [-0.15, -0.1) is 22.7 Å². The van der Waals surface area contributed by atoms with Crippen molar-refractivity contribution >= 4 is 56.4 Å². The Bertz CT molecular complexity index is 1710.